The maximum Gasteiger partial charge on any atom is 0.220 e. The van der Waals surface area contributed by atoms with E-state index >= 15 is 0 Å². The number of amides is 1. The van der Waals surface area contributed by atoms with E-state index in [2.05, 4.69) is 32.4 Å². The Morgan fingerprint density at radius 1 is 1.11 bits per heavy atom. The molecule has 1 aromatic carbocycles. The fourth-order valence-corrected chi connectivity index (χ4v) is 3.91. The van der Waals surface area contributed by atoms with Crippen molar-refractivity contribution in [2.75, 3.05) is 6.54 Å². The summed E-state index contributed by atoms with van der Waals surface area (Å²) in [5, 5.41) is 7.22. The number of aryl methyl sites for hydroxylation is 1. The van der Waals surface area contributed by atoms with E-state index in [1.165, 1.54) is 10.9 Å². The van der Waals surface area contributed by atoms with Gasteiger partial charge in [-0.05, 0) is 36.6 Å². The lowest BCUT2D eigenvalue weighted by Crippen LogP contribution is -2.25. The second-order valence-corrected chi connectivity index (χ2v) is 7.20. The molecule has 0 aliphatic carbocycles. The van der Waals surface area contributed by atoms with Crippen LogP contribution in [0.4, 0.5) is 0 Å². The van der Waals surface area contributed by atoms with Crippen molar-refractivity contribution in [1.29, 1.82) is 0 Å². The van der Waals surface area contributed by atoms with Crippen LogP contribution in [0.1, 0.15) is 17.7 Å². The minimum Gasteiger partial charge on any atom is -0.361 e. The van der Waals surface area contributed by atoms with Crippen LogP contribution < -0.4 is 5.32 Å². The zero-order chi connectivity index (χ0) is 18.5. The smallest absolute Gasteiger partial charge is 0.220 e. The first-order chi connectivity index (χ1) is 13.3. The van der Waals surface area contributed by atoms with Crippen LogP contribution in [0.5, 0.6) is 0 Å². The largest absolute Gasteiger partial charge is 0.361 e. The van der Waals surface area contributed by atoms with Crippen molar-refractivity contribution in [3.8, 4) is 10.6 Å². The van der Waals surface area contributed by atoms with Gasteiger partial charge in [-0.25, -0.2) is 4.98 Å². The van der Waals surface area contributed by atoms with Gasteiger partial charge >= 0.3 is 0 Å². The number of H-pyrrole nitrogens is 1. The van der Waals surface area contributed by atoms with Gasteiger partial charge in [0.1, 0.15) is 5.01 Å². The Labute approximate surface area is 161 Å². The molecule has 0 spiro atoms. The molecule has 0 fully saturated rings. The highest BCUT2D eigenvalue weighted by Crippen LogP contribution is 2.23. The molecule has 4 aromatic rings. The number of rotatable bonds is 7. The molecule has 0 saturated heterocycles. The molecule has 0 unspecified atom stereocenters. The van der Waals surface area contributed by atoms with E-state index in [9.17, 15) is 4.79 Å². The van der Waals surface area contributed by atoms with Crippen molar-refractivity contribution in [2.24, 2.45) is 0 Å². The highest BCUT2D eigenvalue weighted by molar-refractivity contribution is 7.13. The number of aromatic nitrogens is 3. The standard InChI is InChI=1S/C21H20N4OS/c26-20(23-12-9-16-13-24-19-4-2-1-3-18(16)19)6-5-17-14-27-21(25-17)15-7-10-22-11-8-15/h1-4,7-8,10-11,13-14,24H,5-6,9,12H2,(H,23,26). The van der Waals surface area contributed by atoms with E-state index in [0.29, 0.717) is 19.4 Å². The van der Waals surface area contributed by atoms with Gasteiger partial charge in [0.25, 0.3) is 0 Å². The highest BCUT2D eigenvalue weighted by Gasteiger charge is 2.08. The molecule has 27 heavy (non-hydrogen) atoms. The van der Waals surface area contributed by atoms with Gasteiger partial charge in [0.15, 0.2) is 0 Å². The van der Waals surface area contributed by atoms with Gasteiger partial charge in [0.2, 0.25) is 5.91 Å². The molecule has 4 rings (SSSR count). The summed E-state index contributed by atoms with van der Waals surface area (Å²) in [4.78, 5) is 24.0. The van der Waals surface area contributed by atoms with E-state index in [4.69, 9.17) is 0 Å². The number of para-hydroxylation sites is 1. The Bertz CT molecular complexity index is 1040. The topological polar surface area (TPSA) is 70.7 Å². The van der Waals surface area contributed by atoms with Crippen LogP contribution in [0, 0.1) is 0 Å². The fraction of sp³-hybridized carbons (Fsp3) is 0.190. The number of aromatic amines is 1. The number of nitrogens with zero attached hydrogens (tertiary/aromatic N) is 2. The summed E-state index contributed by atoms with van der Waals surface area (Å²) in [7, 11) is 0. The predicted octanol–water partition coefficient (Wildman–Crippen LogP) is 3.98. The third-order valence-corrected chi connectivity index (χ3v) is 5.42. The van der Waals surface area contributed by atoms with Crippen molar-refractivity contribution >= 4 is 28.1 Å². The molecule has 0 saturated carbocycles. The first-order valence-electron chi connectivity index (χ1n) is 8.96. The van der Waals surface area contributed by atoms with Crippen molar-refractivity contribution in [2.45, 2.75) is 19.3 Å². The van der Waals surface area contributed by atoms with E-state index in [0.717, 1.165) is 28.2 Å². The Morgan fingerprint density at radius 3 is 2.85 bits per heavy atom. The predicted molar refractivity (Wildman–Crippen MR) is 109 cm³/mol. The molecule has 0 aliphatic heterocycles. The van der Waals surface area contributed by atoms with Crippen molar-refractivity contribution < 1.29 is 4.79 Å². The van der Waals surface area contributed by atoms with Gasteiger partial charge in [-0.15, -0.1) is 11.3 Å². The maximum absolute atomic E-state index is 12.1. The van der Waals surface area contributed by atoms with Crippen molar-refractivity contribution in [3.05, 3.63) is 71.6 Å². The molecule has 0 atom stereocenters. The summed E-state index contributed by atoms with van der Waals surface area (Å²) < 4.78 is 0. The summed E-state index contributed by atoms with van der Waals surface area (Å²) >= 11 is 1.60. The molecule has 0 radical (unpaired) electrons. The fourth-order valence-electron chi connectivity index (χ4n) is 3.05. The van der Waals surface area contributed by atoms with Crippen molar-refractivity contribution in [3.63, 3.8) is 0 Å². The van der Waals surface area contributed by atoms with Gasteiger partial charge < -0.3 is 10.3 Å². The van der Waals surface area contributed by atoms with Gasteiger partial charge in [-0.1, -0.05) is 18.2 Å². The minimum atomic E-state index is 0.0632. The number of thiazole rings is 1. The summed E-state index contributed by atoms with van der Waals surface area (Å²) in [5.74, 6) is 0.0632. The monoisotopic (exact) mass is 376 g/mol. The molecule has 2 N–H and O–H groups in total. The second-order valence-electron chi connectivity index (χ2n) is 6.34. The highest BCUT2D eigenvalue weighted by atomic mass is 32.1. The van der Waals surface area contributed by atoms with Crippen LogP contribution >= 0.6 is 11.3 Å². The van der Waals surface area contributed by atoms with Gasteiger partial charge in [-0.2, -0.15) is 0 Å². The van der Waals surface area contributed by atoms with Gasteiger partial charge in [0.05, 0.1) is 5.69 Å². The van der Waals surface area contributed by atoms with Crippen LogP contribution in [-0.4, -0.2) is 27.4 Å². The van der Waals surface area contributed by atoms with Crippen molar-refractivity contribution in [1.82, 2.24) is 20.3 Å². The molecule has 5 nitrogen and oxygen atoms in total. The molecule has 1 amide bonds. The Balaban J connectivity index is 1.25. The molecule has 136 valence electrons. The van der Waals surface area contributed by atoms with Crippen LogP contribution in [0.15, 0.2) is 60.4 Å². The number of benzene rings is 1. The molecule has 3 aromatic heterocycles. The minimum absolute atomic E-state index is 0.0632. The lowest BCUT2D eigenvalue weighted by atomic mass is 10.1. The summed E-state index contributed by atoms with van der Waals surface area (Å²) in [5.41, 5.74) is 4.38. The second kappa shape index (κ2) is 8.14. The van der Waals surface area contributed by atoms with E-state index in [1.54, 1.807) is 23.7 Å². The first kappa shape index (κ1) is 17.4. The van der Waals surface area contributed by atoms with Gasteiger partial charge in [-0.3, -0.25) is 9.78 Å². The lowest BCUT2D eigenvalue weighted by Gasteiger charge is -2.04. The maximum atomic E-state index is 12.1. The van der Waals surface area contributed by atoms with Crippen LogP contribution in [0.3, 0.4) is 0 Å². The van der Waals surface area contributed by atoms with E-state index in [1.807, 2.05) is 35.8 Å². The summed E-state index contributed by atoms with van der Waals surface area (Å²) in [6.07, 6.45) is 7.47. The summed E-state index contributed by atoms with van der Waals surface area (Å²) in [6, 6.07) is 12.1. The number of carbonyl (C=O) groups is 1. The van der Waals surface area contributed by atoms with Crippen LogP contribution in [-0.2, 0) is 17.6 Å². The van der Waals surface area contributed by atoms with Gasteiger partial charge in [0, 0.05) is 53.4 Å². The number of pyridine rings is 1. The Morgan fingerprint density at radius 2 is 1.96 bits per heavy atom. The molecule has 6 heteroatoms. The zero-order valence-electron chi connectivity index (χ0n) is 14.8. The first-order valence-corrected chi connectivity index (χ1v) is 9.84. The van der Waals surface area contributed by atoms with E-state index in [-0.39, 0.29) is 5.91 Å². The third-order valence-electron chi connectivity index (χ3n) is 4.48. The number of carbonyl (C=O) groups excluding carboxylic acids is 1. The Hall–Kier alpha value is -2.99. The molecular weight excluding hydrogens is 356 g/mol. The lowest BCUT2D eigenvalue weighted by molar-refractivity contribution is -0.121. The molecule has 3 heterocycles. The van der Waals surface area contributed by atoms with Crippen LogP contribution in [0.2, 0.25) is 0 Å². The van der Waals surface area contributed by atoms with Crippen LogP contribution in [0.25, 0.3) is 21.5 Å². The normalized spacial score (nSPS) is 11.0. The Kier molecular flexibility index (Phi) is 5.25. The average molecular weight is 376 g/mol. The number of hydrogen-bond acceptors (Lipinski definition) is 4. The quantitative estimate of drug-likeness (QED) is 0.512. The number of nitrogens with one attached hydrogen (secondary N) is 2. The molecule has 0 aliphatic rings. The SMILES string of the molecule is O=C(CCc1csc(-c2ccncc2)n1)NCCc1c[nH]c2ccccc12. The average Bonchev–Trinajstić information content (AvgIpc) is 3.35. The number of fused-ring (bicyclic) bond motifs is 1. The zero-order valence-corrected chi connectivity index (χ0v) is 15.6. The molecule has 0 bridgehead atoms. The third kappa shape index (κ3) is 4.23. The summed E-state index contributed by atoms with van der Waals surface area (Å²) in [6.45, 7) is 0.639. The number of hydrogen-bond donors (Lipinski definition) is 2. The molecular formula is C21H20N4OS. The van der Waals surface area contributed by atoms with E-state index < -0.39 is 0 Å².